The normalized spacial score (nSPS) is 10.5. The van der Waals surface area contributed by atoms with Gasteiger partial charge in [-0.15, -0.1) is 0 Å². The molecule has 6 heteroatoms. The largest absolute Gasteiger partial charge is 0.497 e. The number of ether oxygens (including phenoxy) is 2. The summed E-state index contributed by atoms with van der Waals surface area (Å²) in [6.07, 6.45) is 0. The standard InChI is InChI=1S/C19H17NO5/c1-11-4-5-12(19(22)24-3)9-15(11)20-18(21)17-10-13-8-14(23-2)6-7-16(13)25-17/h4-10H,1-3H3,(H,20,21). The zero-order chi connectivity index (χ0) is 18.0. The Labute approximate surface area is 144 Å². The van der Waals surface area contributed by atoms with Crippen molar-refractivity contribution in [3.05, 3.63) is 59.4 Å². The van der Waals surface area contributed by atoms with Crippen molar-refractivity contribution in [2.45, 2.75) is 6.92 Å². The van der Waals surface area contributed by atoms with Crippen LogP contribution in [-0.4, -0.2) is 26.1 Å². The van der Waals surface area contributed by atoms with E-state index in [1.807, 2.05) is 6.92 Å². The van der Waals surface area contributed by atoms with E-state index >= 15 is 0 Å². The second-order valence-corrected chi connectivity index (χ2v) is 5.49. The summed E-state index contributed by atoms with van der Waals surface area (Å²) < 4.78 is 15.4. The summed E-state index contributed by atoms with van der Waals surface area (Å²) in [5, 5.41) is 3.53. The number of esters is 1. The summed E-state index contributed by atoms with van der Waals surface area (Å²) in [6.45, 7) is 1.83. The predicted molar refractivity (Wildman–Crippen MR) is 93.2 cm³/mol. The van der Waals surface area contributed by atoms with Crippen molar-refractivity contribution in [3.8, 4) is 5.75 Å². The van der Waals surface area contributed by atoms with Crippen LogP contribution < -0.4 is 10.1 Å². The predicted octanol–water partition coefficient (Wildman–Crippen LogP) is 3.79. The van der Waals surface area contributed by atoms with Crippen LogP contribution >= 0.6 is 0 Å². The Hall–Kier alpha value is -3.28. The van der Waals surface area contributed by atoms with Crippen LogP contribution in [0.15, 0.2) is 46.9 Å². The molecule has 1 heterocycles. The summed E-state index contributed by atoms with van der Waals surface area (Å²) >= 11 is 0. The van der Waals surface area contributed by atoms with Crippen LogP contribution in [0.5, 0.6) is 5.75 Å². The number of nitrogens with one attached hydrogen (secondary N) is 1. The molecule has 1 amide bonds. The third-order valence-electron chi connectivity index (χ3n) is 3.85. The number of fused-ring (bicyclic) bond motifs is 1. The third kappa shape index (κ3) is 3.33. The molecular formula is C19H17NO5. The fourth-order valence-corrected chi connectivity index (χ4v) is 2.45. The van der Waals surface area contributed by atoms with E-state index in [4.69, 9.17) is 13.9 Å². The lowest BCUT2D eigenvalue weighted by molar-refractivity contribution is 0.0600. The lowest BCUT2D eigenvalue weighted by atomic mass is 10.1. The summed E-state index contributed by atoms with van der Waals surface area (Å²) in [5.74, 6) is -0.0142. The van der Waals surface area contributed by atoms with Gasteiger partial charge in [0.1, 0.15) is 11.3 Å². The average Bonchev–Trinajstić information content (AvgIpc) is 3.06. The van der Waals surface area contributed by atoms with Gasteiger partial charge < -0.3 is 19.2 Å². The maximum Gasteiger partial charge on any atom is 0.337 e. The first-order chi connectivity index (χ1) is 12.0. The lowest BCUT2D eigenvalue weighted by Crippen LogP contribution is -2.13. The van der Waals surface area contributed by atoms with Crippen LogP contribution in [0.4, 0.5) is 5.69 Å². The van der Waals surface area contributed by atoms with E-state index in [-0.39, 0.29) is 5.76 Å². The Morgan fingerprint density at radius 3 is 2.56 bits per heavy atom. The number of carbonyl (C=O) groups excluding carboxylic acids is 2. The number of methoxy groups -OCH3 is 2. The van der Waals surface area contributed by atoms with Gasteiger partial charge in [0.2, 0.25) is 0 Å². The van der Waals surface area contributed by atoms with Gasteiger partial charge in [-0.2, -0.15) is 0 Å². The van der Waals surface area contributed by atoms with Crippen molar-refractivity contribution in [2.24, 2.45) is 0 Å². The first-order valence-corrected chi connectivity index (χ1v) is 7.59. The average molecular weight is 339 g/mol. The topological polar surface area (TPSA) is 77.8 Å². The molecule has 0 aliphatic carbocycles. The number of carbonyl (C=O) groups is 2. The molecule has 0 spiro atoms. The molecule has 0 saturated heterocycles. The van der Waals surface area contributed by atoms with Gasteiger partial charge in [0.15, 0.2) is 5.76 Å². The molecule has 128 valence electrons. The molecule has 0 bridgehead atoms. The number of benzene rings is 2. The van der Waals surface area contributed by atoms with E-state index in [2.05, 4.69) is 5.32 Å². The van der Waals surface area contributed by atoms with E-state index in [1.54, 1.807) is 49.6 Å². The highest BCUT2D eigenvalue weighted by Crippen LogP contribution is 2.25. The molecule has 0 saturated carbocycles. The molecule has 0 atom stereocenters. The fourth-order valence-electron chi connectivity index (χ4n) is 2.45. The highest BCUT2D eigenvalue weighted by Gasteiger charge is 2.15. The highest BCUT2D eigenvalue weighted by atomic mass is 16.5. The minimum atomic E-state index is -0.466. The van der Waals surface area contributed by atoms with E-state index in [0.29, 0.717) is 22.6 Å². The number of anilines is 1. The molecule has 25 heavy (non-hydrogen) atoms. The van der Waals surface area contributed by atoms with Gasteiger partial charge in [-0.3, -0.25) is 4.79 Å². The molecule has 0 radical (unpaired) electrons. The van der Waals surface area contributed by atoms with E-state index < -0.39 is 11.9 Å². The first-order valence-electron chi connectivity index (χ1n) is 7.59. The summed E-state index contributed by atoms with van der Waals surface area (Å²) in [6, 6.07) is 11.9. The van der Waals surface area contributed by atoms with E-state index in [1.165, 1.54) is 7.11 Å². The molecule has 1 N–H and O–H groups in total. The quantitative estimate of drug-likeness (QED) is 0.732. The van der Waals surface area contributed by atoms with Crippen LogP contribution in [0, 0.1) is 6.92 Å². The Bertz CT molecular complexity index is 958. The number of rotatable bonds is 4. The number of hydrogen-bond donors (Lipinski definition) is 1. The number of furan rings is 1. The van der Waals surface area contributed by atoms with Crippen LogP contribution in [0.2, 0.25) is 0 Å². The van der Waals surface area contributed by atoms with Crippen molar-refractivity contribution in [3.63, 3.8) is 0 Å². The number of amides is 1. The van der Waals surface area contributed by atoms with Crippen molar-refractivity contribution >= 4 is 28.5 Å². The molecule has 0 fully saturated rings. The second kappa shape index (κ2) is 6.68. The summed E-state index contributed by atoms with van der Waals surface area (Å²) in [5.41, 5.74) is 2.29. The second-order valence-electron chi connectivity index (χ2n) is 5.49. The molecule has 0 aliphatic rings. The smallest absolute Gasteiger partial charge is 0.337 e. The van der Waals surface area contributed by atoms with Gasteiger partial charge >= 0.3 is 5.97 Å². The molecule has 3 aromatic rings. The zero-order valence-corrected chi connectivity index (χ0v) is 14.1. The minimum absolute atomic E-state index is 0.172. The Morgan fingerprint density at radius 1 is 1.04 bits per heavy atom. The van der Waals surface area contributed by atoms with Gasteiger partial charge in [-0.1, -0.05) is 6.07 Å². The van der Waals surface area contributed by atoms with E-state index in [0.717, 1.165) is 10.9 Å². The minimum Gasteiger partial charge on any atom is -0.497 e. The molecule has 1 aromatic heterocycles. The summed E-state index contributed by atoms with van der Waals surface area (Å²) in [4.78, 5) is 24.1. The Balaban J connectivity index is 1.88. The molecule has 6 nitrogen and oxygen atoms in total. The van der Waals surface area contributed by atoms with Crippen molar-refractivity contribution < 1.29 is 23.5 Å². The maximum absolute atomic E-state index is 12.5. The van der Waals surface area contributed by atoms with Crippen molar-refractivity contribution in [1.29, 1.82) is 0 Å². The lowest BCUT2D eigenvalue weighted by Gasteiger charge is -2.08. The van der Waals surface area contributed by atoms with Gasteiger partial charge in [0.25, 0.3) is 5.91 Å². The first kappa shape index (κ1) is 16.6. The van der Waals surface area contributed by atoms with Gasteiger partial charge in [0, 0.05) is 11.1 Å². The molecule has 3 rings (SSSR count). The summed E-state index contributed by atoms with van der Waals surface area (Å²) in [7, 11) is 2.88. The maximum atomic E-state index is 12.5. The van der Waals surface area contributed by atoms with Gasteiger partial charge in [-0.05, 0) is 48.9 Å². The molecular weight excluding hydrogens is 322 g/mol. The van der Waals surface area contributed by atoms with E-state index in [9.17, 15) is 9.59 Å². The Morgan fingerprint density at radius 2 is 1.84 bits per heavy atom. The fraction of sp³-hybridized carbons (Fsp3) is 0.158. The van der Waals surface area contributed by atoms with Gasteiger partial charge in [0.05, 0.1) is 19.8 Å². The number of hydrogen-bond acceptors (Lipinski definition) is 5. The highest BCUT2D eigenvalue weighted by molar-refractivity contribution is 6.05. The monoisotopic (exact) mass is 339 g/mol. The molecule has 0 aliphatic heterocycles. The van der Waals surface area contributed by atoms with Gasteiger partial charge in [-0.25, -0.2) is 4.79 Å². The van der Waals surface area contributed by atoms with Crippen LogP contribution in [0.3, 0.4) is 0 Å². The van der Waals surface area contributed by atoms with Crippen LogP contribution in [0.25, 0.3) is 11.0 Å². The number of aryl methyl sites for hydroxylation is 1. The molecule has 0 unspecified atom stereocenters. The van der Waals surface area contributed by atoms with Crippen LogP contribution in [0.1, 0.15) is 26.5 Å². The van der Waals surface area contributed by atoms with Crippen molar-refractivity contribution in [2.75, 3.05) is 19.5 Å². The molecule has 2 aromatic carbocycles. The van der Waals surface area contributed by atoms with Crippen LogP contribution in [-0.2, 0) is 4.74 Å². The van der Waals surface area contributed by atoms with Crippen molar-refractivity contribution in [1.82, 2.24) is 0 Å². The SMILES string of the molecule is COC(=O)c1ccc(C)c(NC(=O)c2cc3cc(OC)ccc3o2)c1. The Kier molecular flexibility index (Phi) is 4.43. The third-order valence-corrected chi connectivity index (χ3v) is 3.85. The zero-order valence-electron chi connectivity index (χ0n) is 14.1.